The van der Waals surface area contributed by atoms with E-state index in [1.54, 1.807) is 24.1 Å². The van der Waals surface area contributed by atoms with E-state index >= 15 is 0 Å². The molecule has 104 valence electrons. The third kappa shape index (κ3) is 3.67. The maximum Gasteiger partial charge on any atom is 0.260 e. The zero-order valence-electron chi connectivity index (χ0n) is 11.1. The van der Waals surface area contributed by atoms with Crippen molar-refractivity contribution in [1.82, 2.24) is 4.90 Å². The van der Waals surface area contributed by atoms with Gasteiger partial charge in [-0.25, -0.2) is 4.39 Å². The van der Waals surface area contributed by atoms with Gasteiger partial charge in [-0.1, -0.05) is 6.07 Å². The fourth-order valence-corrected chi connectivity index (χ4v) is 1.89. The first-order valence-electron chi connectivity index (χ1n) is 6.48. The van der Waals surface area contributed by atoms with Gasteiger partial charge in [-0.05, 0) is 43.5 Å². The smallest absolute Gasteiger partial charge is 0.260 e. The minimum atomic E-state index is -0.451. The highest BCUT2D eigenvalue weighted by atomic mass is 19.1. The monoisotopic (exact) mass is 266 g/mol. The first-order valence-corrected chi connectivity index (χ1v) is 6.48. The Morgan fingerprint density at radius 1 is 1.53 bits per heavy atom. The predicted octanol–water partition coefficient (Wildman–Crippen LogP) is 1.33. The normalized spacial score (nSPS) is 14.3. The molecule has 0 aliphatic heterocycles. The van der Waals surface area contributed by atoms with Gasteiger partial charge in [0.2, 0.25) is 0 Å². The van der Waals surface area contributed by atoms with Gasteiger partial charge in [0.1, 0.15) is 0 Å². The van der Waals surface area contributed by atoms with Gasteiger partial charge in [-0.2, -0.15) is 0 Å². The van der Waals surface area contributed by atoms with E-state index in [1.807, 2.05) is 0 Å². The number of benzene rings is 1. The third-order valence-corrected chi connectivity index (χ3v) is 3.27. The lowest BCUT2D eigenvalue weighted by atomic mass is 10.1. The number of rotatable bonds is 6. The molecule has 2 N–H and O–H groups in total. The van der Waals surface area contributed by atoms with E-state index < -0.39 is 5.82 Å². The first-order chi connectivity index (χ1) is 9.11. The van der Waals surface area contributed by atoms with Crippen LogP contribution in [0.4, 0.5) is 4.39 Å². The number of carbonyl (C=O) groups excluding carboxylic acids is 1. The Hall–Kier alpha value is -1.62. The Morgan fingerprint density at radius 3 is 2.84 bits per heavy atom. The molecular weight excluding hydrogens is 247 g/mol. The summed E-state index contributed by atoms with van der Waals surface area (Å²) >= 11 is 0. The van der Waals surface area contributed by atoms with Crippen LogP contribution in [0.2, 0.25) is 0 Å². The Bertz CT molecular complexity index is 461. The molecule has 0 radical (unpaired) electrons. The molecule has 0 heterocycles. The highest BCUT2D eigenvalue weighted by molar-refractivity contribution is 5.78. The predicted molar refractivity (Wildman–Crippen MR) is 70.4 cm³/mol. The number of likely N-dealkylation sites (N-methyl/N-ethyl adjacent to an activating group) is 1. The van der Waals surface area contributed by atoms with Gasteiger partial charge in [-0.3, -0.25) is 4.79 Å². The molecule has 1 amide bonds. The van der Waals surface area contributed by atoms with Gasteiger partial charge in [0.25, 0.3) is 5.91 Å². The average molecular weight is 266 g/mol. The summed E-state index contributed by atoms with van der Waals surface area (Å²) in [5, 5.41) is 0. The second kappa shape index (κ2) is 6.02. The molecule has 1 aliphatic rings. The fraction of sp³-hybridized carbons (Fsp3) is 0.500. The van der Waals surface area contributed by atoms with E-state index in [1.165, 1.54) is 6.07 Å². The van der Waals surface area contributed by atoms with Gasteiger partial charge >= 0.3 is 0 Å². The largest absolute Gasteiger partial charge is 0.481 e. The number of nitrogens with two attached hydrogens (primary N) is 1. The quantitative estimate of drug-likeness (QED) is 0.845. The van der Waals surface area contributed by atoms with Gasteiger partial charge in [-0.15, -0.1) is 0 Å². The van der Waals surface area contributed by atoms with Gasteiger partial charge < -0.3 is 15.4 Å². The zero-order chi connectivity index (χ0) is 13.8. The number of carbonyl (C=O) groups is 1. The van der Waals surface area contributed by atoms with E-state index in [0.29, 0.717) is 19.0 Å². The van der Waals surface area contributed by atoms with Crippen LogP contribution in [0.1, 0.15) is 18.4 Å². The average Bonchev–Trinajstić information content (AvgIpc) is 3.21. The maximum absolute atomic E-state index is 13.7. The lowest BCUT2D eigenvalue weighted by Gasteiger charge is -2.16. The number of ether oxygens (including phenoxy) is 1. The Labute approximate surface area is 112 Å². The summed E-state index contributed by atoms with van der Waals surface area (Å²) in [5.41, 5.74) is 6.24. The summed E-state index contributed by atoms with van der Waals surface area (Å²) < 4.78 is 18.9. The molecule has 0 bridgehead atoms. The highest BCUT2D eigenvalue weighted by Crippen LogP contribution is 2.25. The van der Waals surface area contributed by atoms with E-state index in [-0.39, 0.29) is 18.3 Å². The molecule has 2 rings (SSSR count). The molecule has 4 nitrogen and oxygen atoms in total. The molecule has 1 aromatic carbocycles. The molecule has 0 spiro atoms. The van der Waals surface area contributed by atoms with Crippen LogP contribution in [0, 0.1) is 5.82 Å². The Morgan fingerprint density at radius 2 is 2.26 bits per heavy atom. The van der Waals surface area contributed by atoms with Crippen LogP contribution in [-0.4, -0.2) is 37.0 Å². The number of amides is 1. The molecule has 1 aliphatic carbocycles. The number of hydrogen-bond donors (Lipinski definition) is 1. The van der Waals surface area contributed by atoms with Crippen LogP contribution in [0.3, 0.4) is 0 Å². The fourth-order valence-electron chi connectivity index (χ4n) is 1.89. The van der Waals surface area contributed by atoms with Crippen molar-refractivity contribution in [3.05, 3.63) is 29.6 Å². The van der Waals surface area contributed by atoms with Crippen LogP contribution in [0.5, 0.6) is 5.75 Å². The van der Waals surface area contributed by atoms with Crippen molar-refractivity contribution < 1.29 is 13.9 Å². The van der Waals surface area contributed by atoms with E-state index in [4.69, 9.17) is 10.5 Å². The lowest BCUT2D eigenvalue weighted by Crippen LogP contribution is -2.33. The summed E-state index contributed by atoms with van der Waals surface area (Å²) in [6.07, 6.45) is 2.72. The van der Waals surface area contributed by atoms with Crippen LogP contribution in [-0.2, 0) is 11.2 Å². The molecule has 19 heavy (non-hydrogen) atoms. The topological polar surface area (TPSA) is 55.6 Å². The number of halogens is 1. The maximum atomic E-state index is 13.7. The number of nitrogens with zero attached hydrogens (tertiary/aromatic N) is 1. The van der Waals surface area contributed by atoms with E-state index in [2.05, 4.69) is 0 Å². The molecule has 1 fully saturated rings. The molecule has 0 unspecified atom stereocenters. The van der Waals surface area contributed by atoms with E-state index in [0.717, 1.165) is 18.4 Å². The molecule has 0 aromatic heterocycles. The summed E-state index contributed by atoms with van der Waals surface area (Å²) in [6, 6.07) is 5.05. The standard InChI is InChI=1S/C14H19FN2O2/c1-17(11-3-4-11)14(18)9-19-13-5-2-10(6-7-16)8-12(13)15/h2,5,8,11H,3-4,6-7,9,16H2,1H3. The van der Waals surface area contributed by atoms with Crippen molar-refractivity contribution in [2.75, 3.05) is 20.2 Å². The van der Waals surface area contributed by atoms with Crippen molar-refractivity contribution in [1.29, 1.82) is 0 Å². The molecule has 0 atom stereocenters. The highest BCUT2D eigenvalue weighted by Gasteiger charge is 2.29. The summed E-state index contributed by atoms with van der Waals surface area (Å²) in [6.45, 7) is 0.352. The molecular formula is C14H19FN2O2. The van der Waals surface area contributed by atoms with Crippen molar-refractivity contribution in [3.8, 4) is 5.75 Å². The van der Waals surface area contributed by atoms with E-state index in [9.17, 15) is 9.18 Å². The Balaban J connectivity index is 1.90. The Kier molecular flexibility index (Phi) is 4.37. The summed E-state index contributed by atoms with van der Waals surface area (Å²) in [7, 11) is 1.75. The van der Waals surface area contributed by atoms with Crippen LogP contribution in [0.15, 0.2) is 18.2 Å². The second-order valence-corrected chi connectivity index (χ2v) is 4.83. The van der Waals surface area contributed by atoms with Crippen LogP contribution in [0.25, 0.3) is 0 Å². The van der Waals surface area contributed by atoms with Gasteiger partial charge in [0, 0.05) is 13.1 Å². The molecule has 1 saturated carbocycles. The molecule has 5 heteroatoms. The minimum Gasteiger partial charge on any atom is -0.481 e. The van der Waals surface area contributed by atoms with Gasteiger partial charge in [0.05, 0.1) is 0 Å². The first kappa shape index (κ1) is 13.8. The second-order valence-electron chi connectivity index (χ2n) is 4.83. The van der Waals surface area contributed by atoms with Crippen LogP contribution >= 0.6 is 0 Å². The third-order valence-electron chi connectivity index (χ3n) is 3.27. The van der Waals surface area contributed by atoms with Crippen LogP contribution < -0.4 is 10.5 Å². The number of hydrogen-bond acceptors (Lipinski definition) is 3. The summed E-state index contributed by atoms with van der Waals surface area (Å²) in [5.74, 6) is -0.459. The van der Waals surface area contributed by atoms with Crippen molar-refractivity contribution in [2.24, 2.45) is 5.73 Å². The molecule has 1 aromatic rings. The van der Waals surface area contributed by atoms with Gasteiger partial charge in [0.15, 0.2) is 18.2 Å². The zero-order valence-corrected chi connectivity index (χ0v) is 11.1. The summed E-state index contributed by atoms with van der Waals surface area (Å²) in [4.78, 5) is 13.4. The van der Waals surface area contributed by atoms with Crippen molar-refractivity contribution in [2.45, 2.75) is 25.3 Å². The van der Waals surface area contributed by atoms with Crippen molar-refractivity contribution >= 4 is 5.91 Å². The minimum absolute atomic E-state index is 0.110. The lowest BCUT2D eigenvalue weighted by molar-refractivity contribution is -0.132. The SMILES string of the molecule is CN(C(=O)COc1ccc(CCN)cc1F)C1CC1. The van der Waals surface area contributed by atoms with Crippen molar-refractivity contribution in [3.63, 3.8) is 0 Å². The molecule has 0 saturated heterocycles.